The van der Waals surface area contributed by atoms with E-state index in [4.69, 9.17) is 22.4 Å². The summed E-state index contributed by atoms with van der Waals surface area (Å²) < 4.78 is 0. The van der Waals surface area contributed by atoms with E-state index in [2.05, 4.69) is 0 Å². The van der Waals surface area contributed by atoms with Gasteiger partial charge in [0, 0.05) is 5.02 Å². The van der Waals surface area contributed by atoms with Crippen LogP contribution in [0.15, 0.2) is 24.3 Å². The molecule has 0 fully saturated rings. The maximum Gasteiger partial charge on any atom is 0.0624 e. The van der Waals surface area contributed by atoms with E-state index in [1.807, 2.05) is 12.1 Å². The highest BCUT2D eigenvalue weighted by atomic mass is 35.5. The second kappa shape index (κ2) is 5.38. The Kier molecular flexibility index (Phi) is 5.25. The fraction of sp³-hybridized carbons (Fsp3) is 0.250. The molecule has 0 saturated carbocycles. The summed E-state index contributed by atoms with van der Waals surface area (Å²) in [5, 5.41) is 9.38. The van der Waals surface area contributed by atoms with Gasteiger partial charge in [-0.1, -0.05) is 23.7 Å². The number of hydrogen-bond acceptors (Lipinski definition) is 2. The van der Waals surface area contributed by atoms with Crippen molar-refractivity contribution in [2.75, 3.05) is 6.61 Å². The van der Waals surface area contributed by atoms with Gasteiger partial charge in [0.15, 0.2) is 0 Å². The third-order valence-corrected chi connectivity index (χ3v) is 1.75. The van der Waals surface area contributed by atoms with Gasteiger partial charge >= 0.3 is 0 Å². The summed E-state index contributed by atoms with van der Waals surface area (Å²) in [4.78, 5) is 0. The summed E-state index contributed by atoms with van der Waals surface area (Å²) in [6.07, 6.45) is 0. The first kappa shape index (κ1) is 11.7. The molecule has 12 heavy (non-hydrogen) atoms. The van der Waals surface area contributed by atoms with E-state index >= 15 is 0 Å². The van der Waals surface area contributed by atoms with E-state index in [1.54, 1.807) is 12.1 Å². The van der Waals surface area contributed by atoms with Gasteiger partial charge in [-0.3, -0.25) is 0 Å². The van der Waals surface area contributed by atoms with Crippen molar-refractivity contribution in [3.63, 3.8) is 0 Å². The molecule has 1 atom stereocenters. The fourth-order valence-corrected chi connectivity index (χ4v) is 0.941. The molecule has 1 aromatic rings. The molecule has 0 saturated heterocycles. The van der Waals surface area contributed by atoms with Crippen molar-refractivity contribution in [2.24, 2.45) is 5.73 Å². The zero-order chi connectivity index (χ0) is 8.27. The van der Waals surface area contributed by atoms with Crippen LogP contribution in [0.25, 0.3) is 0 Å². The van der Waals surface area contributed by atoms with Crippen molar-refractivity contribution in [1.29, 1.82) is 0 Å². The van der Waals surface area contributed by atoms with Crippen LogP contribution >= 0.6 is 24.0 Å². The minimum absolute atomic E-state index is 0. The topological polar surface area (TPSA) is 46.2 Å². The van der Waals surface area contributed by atoms with Crippen LogP contribution in [0.4, 0.5) is 0 Å². The average molecular weight is 208 g/mol. The molecular weight excluding hydrogens is 197 g/mol. The Balaban J connectivity index is 0.00000121. The van der Waals surface area contributed by atoms with Gasteiger partial charge in [-0.2, -0.15) is 0 Å². The normalized spacial score (nSPS) is 11.9. The molecule has 0 aromatic heterocycles. The molecule has 4 heteroatoms. The molecule has 0 spiro atoms. The minimum Gasteiger partial charge on any atom is -0.394 e. The minimum atomic E-state index is -0.299. The zero-order valence-electron chi connectivity index (χ0n) is 6.40. The van der Waals surface area contributed by atoms with E-state index in [0.717, 1.165) is 5.56 Å². The number of hydrogen-bond donors (Lipinski definition) is 2. The molecule has 0 aliphatic heterocycles. The van der Waals surface area contributed by atoms with Gasteiger partial charge in [-0.25, -0.2) is 0 Å². The van der Waals surface area contributed by atoms with Gasteiger partial charge in [0.05, 0.1) is 12.6 Å². The molecule has 3 N–H and O–H groups in total. The standard InChI is InChI=1S/C8H10ClNO.ClH/c9-7-3-1-6(2-4-7)8(10)5-11;/h1-4,8,11H,5,10H2;1H/t8-;/m0./s1. The van der Waals surface area contributed by atoms with Crippen LogP contribution in [0.3, 0.4) is 0 Å². The second-order valence-corrected chi connectivity index (χ2v) is 2.78. The number of aliphatic hydroxyl groups is 1. The molecule has 0 amide bonds. The predicted molar refractivity (Wildman–Crippen MR) is 52.7 cm³/mol. The SMILES string of the molecule is Cl.N[C@@H](CO)c1ccc(Cl)cc1. The third kappa shape index (κ3) is 2.99. The van der Waals surface area contributed by atoms with Gasteiger partial charge in [-0.15, -0.1) is 12.4 Å². The van der Waals surface area contributed by atoms with Crippen LogP contribution in [-0.4, -0.2) is 11.7 Å². The first-order chi connectivity index (χ1) is 5.24. The van der Waals surface area contributed by atoms with Gasteiger partial charge in [-0.05, 0) is 17.7 Å². The Labute approximate surface area is 82.8 Å². The van der Waals surface area contributed by atoms with E-state index in [0.29, 0.717) is 5.02 Å². The van der Waals surface area contributed by atoms with Crippen LogP contribution in [-0.2, 0) is 0 Å². The molecule has 68 valence electrons. The lowest BCUT2D eigenvalue weighted by molar-refractivity contribution is 0.268. The van der Waals surface area contributed by atoms with Crippen LogP contribution in [0.5, 0.6) is 0 Å². The van der Waals surface area contributed by atoms with Gasteiger partial charge < -0.3 is 10.8 Å². The molecule has 1 rings (SSSR count). The van der Waals surface area contributed by atoms with Crippen molar-refractivity contribution in [1.82, 2.24) is 0 Å². The smallest absolute Gasteiger partial charge is 0.0624 e. The largest absolute Gasteiger partial charge is 0.394 e. The molecule has 0 heterocycles. The average Bonchev–Trinajstić information content (AvgIpc) is 2.05. The van der Waals surface area contributed by atoms with Crippen molar-refractivity contribution in [3.05, 3.63) is 34.9 Å². The lowest BCUT2D eigenvalue weighted by atomic mass is 10.1. The summed E-state index contributed by atoms with van der Waals surface area (Å²) in [6, 6.07) is 6.83. The first-order valence-corrected chi connectivity index (χ1v) is 3.73. The van der Waals surface area contributed by atoms with Crippen LogP contribution in [0, 0.1) is 0 Å². The van der Waals surface area contributed by atoms with Gasteiger partial charge in [0.2, 0.25) is 0 Å². The number of rotatable bonds is 2. The Morgan fingerprint density at radius 2 is 1.83 bits per heavy atom. The lowest BCUT2D eigenvalue weighted by Gasteiger charge is -2.07. The molecule has 2 nitrogen and oxygen atoms in total. The lowest BCUT2D eigenvalue weighted by Crippen LogP contribution is -2.13. The van der Waals surface area contributed by atoms with Crippen molar-refractivity contribution < 1.29 is 5.11 Å². The van der Waals surface area contributed by atoms with Crippen LogP contribution < -0.4 is 5.73 Å². The quantitative estimate of drug-likeness (QED) is 0.777. The Hall–Kier alpha value is -0.280. The summed E-state index contributed by atoms with van der Waals surface area (Å²) in [7, 11) is 0. The molecule has 0 unspecified atom stereocenters. The van der Waals surface area contributed by atoms with E-state index in [9.17, 15) is 0 Å². The summed E-state index contributed by atoms with van der Waals surface area (Å²) >= 11 is 5.66. The summed E-state index contributed by atoms with van der Waals surface area (Å²) in [6.45, 7) is -0.0400. The number of halogens is 2. The highest BCUT2D eigenvalue weighted by Gasteiger charge is 2.02. The predicted octanol–water partition coefficient (Wildman–Crippen LogP) is 1.75. The van der Waals surface area contributed by atoms with Gasteiger partial charge in [0.25, 0.3) is 0 Å². The maximum absolute atomic E-state index is 8.70. The van der Waals surface area contributed by atoms with Crippen LogP contribution in [0.1, 0.15) is 11.6 Å². The number of benzene rings is 1. The Bertz CT molecular complexity index is 225. The highest BCUT2D eigenvalue weighted by molar-refractivity contribution is 6.30. The van der Waals surface area contributed by atoms with Gasteiger partial charge in [0.1, 0.15) is 0 Å². The zero-order valence-corrected chi connectivity index (χ0v) is 7.98. The Morgan fingerprint density at radius 3 is 2.25 bits per heavy atom. The van der Waals surface area contributed by atoms with Crippen LogP contribution in [0.2, 0.25) is 5.02 Å². The first-order valence-electron chi connectivity index (χ1n) is 3.36. The molecular formula is C8H11Cl2NO. The van der Waals surface area contributed by atoms with Crippen molar-refractivity contribution in [2.45, 2.75) is 6.04 Å². The molecule has 1 aromatic carbocycles. The Morgan fingerprint density at radius 1 is 1.33 bits per heavy atom. The van der Waals surface area contributed by atoms with E-state index in [-0.39, 0.29) is 25.1 Å². The molecule has 0 radical (unpaired) electrons. The maximum atomic E-state index is 8.70. The third-order valence-electron chi connectivity index (χ3n) is 1.49. The van der Waals surface area contributed by atoms with Crippen molar-refractivity contribution >= 4 is 24.0 Å². The highest BCUT2D eigenvalue weighted by Crippen LogP contribution is 2.13. The molecule has 0 aliphatic carbocycles. The molecule has 0 aliphatic rings. The summed E-state index contributed by atoms with van der Waals surface area (Å²) in [5.41, 5.74) is 6.45. The monoisotopic (exact) mass is 207 g/mol. The second-order valence-electron chi connectivity index (χ2n) is 2.34. The summed E-state index contributed by atoms with van der Waals surface area (Å²) in [5.74, 6) is 0. The van der Waals surface area contributed by atoms with E-state index in [1.165, 1.54) is 0 Å². The number of aliphatic hydroxyl groups excluding tert-OH is 1. The molecule has 0 bridgehead atoms. The number of nitrogens with two attached hydrogens (primary N) is 1. The fourth-order valence-electron chi connectivity index (χ4n) is 0.815. The van der Waals surface area contributed by atoms with Crippen molar-refractivity contribution in [3.8, 4) is 0 Å². The van der Waals surface area contributed by atoms with E-state index < -0.39 is 0 Å².